The minimum Gasteiger partial charge on any atom is -0.461 e. The van der Waals surface area contributed by atoms with Crippen molar-refractivity contribution in [1.29, 1.82) is 0 Å². The van der Waals surface area contributed by atoms with Gasteiger partial charge < -0.3 is 4.42 Å². The molecule has 1 atom stereocenters. The first kappa shape index (κ1) is 16.3. The van der Waals surface area contributed by atoms with Crippen LogP contribution in [-0.4, -0.2) is 19.7 Å². The summed E-state index contributed by atoms with van der Waals surface area (Å²) in [4.78, 5) is 10.5. The van der Waals surface area contributed by atoms with Crippen LogP contribution in [0.5, 0.6) is 0 Å². The number of non-ortho nitro benzene ring substituents is 1. The molecule has 0 aliphatic heterocycles. The van der Waals surface area contributed by atoms with E-state index in [1.165, 1.54) is 17.8 Å². The van der Waals surface area contributed by atoms with Crippen LogP contribution in [0, 0.1) is 10.1 Å². The van der Waals surface area contributed by atoms with Gasteiger partial charge in [0.15, 0.2) is 16.7 Å². The van der Waals surface area contributed by atoms with Gasteiger partial charge >= 0.3 is 0 Å². The zero-order valence-corrected chi connectivity index (χ0v) is 14.1. The number of rotatable bonds is 6. The summed E-state index contributed by atoms with van der Waals surface area (Å²) in [5.41, 5.74) is 0.965. The summed E-state index contributed by atoms with van der Waals surface area (Å²) in [7, 11) is 0. The van der Waals surface area contributed by atoms with Gasteiger partial charge in [0.25, 0.3) is 5.69 Å². The van der Waals surface area contributed by atoms with E-state index >= 15 is 0 Å². The summed E-state index contributed by atoms with van der Waals surface area (Å²) in [6, 6.07) is 10.3. The van der Waals surface area contributed by atoms with E-state index in [2.05, 4.69) is 10.2 Å². The third kappa shape index (κ3) is 3.18. The zero-order chi connectivity index (χ0) is 17.1. The predicted molar refractivity (Wildman–Crippen MR) is 90.8 cm³/mol. The first-order valence-electron chi connectivity index (χ1n) is 7.48. The van der Waals surface area contributed by atoms with Crippen LogP contribution in [-0.2, 0) is 6.54 Å². The molecule has 0 N–H and O–H groups in total. The number of benzene rings is 1. The number of furan rings is 1. The molecule has 0 fully saturated rings. The maximum absolute atomic E-state index is 10.9. The molecule has 24 heavy (non-hydrogen) atoms. The Labute approximate surface area is 142 Å². The van der Waals surface area contributed by atoms with Crippen molar-refractivity contribution in [2.24, 2.45) is 0 Å². The molecule has 0 amide bonds. The van der Waals surface area contributed by atoms with Crippen LogP contribution in [0.2, 0.25) is 0 Å². The van der Waals surface area contributed by atoms with Crippen molar-refractivity contribution >= 4 is 17.4 Å². The summed E-state index contributed by atoms with van der Waals surface area (Å²) in [5, 5.41) is 20.1. The van der Waals surface area contributed by atoms with E-state index < -0.39 is 0 Å². The first-order chi connectivity index (χ1) is 11.6. The molecule has 2 heterocycles. The molecular weight excluding hydrogens is 328 g/mol. The lowest BCUT2D eigenvalue weighted by molar-refractivity contribution is -0.384. The van der Waals surface area contributed by atoms with Crippen molar-refractivity contribution in [3.8, 4) is 11.6 Å². The number of hydrogen-bond acceptors (Lipinski definition) is 6. The maximum Gasteiger partial charge on any atom is 0.269 e. The molecule has 0 aliphatic carbocycles. The lowest BCUT2D eigenvalue weighted by Gasteiger charge is -2.12. The Morgan fingerprint density at radius 1 is 1.33 bits per heavy atom. The summed E-state index contributed by atoms with van der Waals surface area (Å²) >= 11 is 1.51. The molecule has 0 bridgehead atoms. The molecule has 3 aromatic rings. The minimum atomic E-state index is -0.384. The highest BCUT2D eigenvalue weighted by atomic mass is 32.2. The van der Waals surface area contributed by atoms with E-state index in [1.807, 2.05) is 36.6 Å². The van der Waals surface area contributed by atoms with Crippen LogP contribution in [0.4, 0.5) is 5.69 Å². The number of nitro benzene ring substituents is 1. The monoisotopic (exact) mass is 344 g/mol. The van der Waals surface area contributed by atoms with Gasteiger partial charge in [-0.25, -0.2) is 0 Å². The second kappa shape index (κ2) is 6.88. The van der Waals surface area contributed by atoms with Crippen LogP contribution in [0.15, 0.2) is 52.2 Å². The van der Waals surface area contributed by atoms with E-state index in [9.17, 15) is 10.1 Å². The van der Waals surface area contributed by atoms with Crippen LogP contribution in [0.3, 0.4) is 0 Å². The van der Waals surface area contributed by atoms with Crippen LogP contribution < -0.4 is 0 Å². The fourth-order valence-corrected chi connectivity index (χ4v) is 3.40. The fourth-order valence-electron chi connectivity index (χ4n) is 2.37. The van der Waals surface area contributed by atoms with Crippen molar-refractivity contribution < 1.29 is 9.34 Å². The van der Waals surface area contributed by atoms with Gasteiger partial charge in [-0.3, -0.25) is 14.7 Å². The van der Waals surface area contributed by atoms with E-state index in [4.69, 9.17) is 4.42 Å². The number of thioether (sulfide) groups is 1. The molecule has 1 unspecified atom stereocenters. The molecule has 0 saturated heterocycles. The fraction of sp³-hybridized carbons (Fsp3) is 0.250. The Morgan fingerprint density at radius 2 is 2.17 bits per heavy atom. The third-order valence-corrected chi connectivity index (χ3v) is 4.75. The Balaban J connectivity index is 1.86. The van der Waals surface area contributed by atoms with Crippen molar-refractivity contribution in [2.45, 2.75) is 30.8 Å². The van der Waals surface area contributed by atoms with E-state index in [0.29, 0.717) is 18.1 Å². The summed E-state index contributed by atoms with van der Waals surface area (Å²) < 4.78 is 7.37. The van der Waals surface area contributed by atoms with Gasteiger partial charge in [-0.05, 0) is 31.5 Å². The van der Waals surface area contributed by atoms with E-state index in [-0.39, 0.29) is 15.9 Å². The molecule has 7 nitrogen and oxygen atoms in total. The normalized spacial score (nSPS) is 12.2. The first-order valence-corrected chi connectivity index (χ1v) is 8.36. The Morgan fingerprint density at radius 3 is 2.83 bits per heavy atom. The molecular formula is C16H16N4O3S. The number of hydrogen-bond donors (Lipinski definition) is 0. The maximum atomic E-state index is 10.9. The van der Waals surface area contributed by atoms with E-state index in [1.54, 1.807) is 18.4 Å². The SMILES string of the molecule is CCn1c(SC(C)c2cccc([N+](=O)[O-])c2)nnc1-c1ccco1. The van der Waals surface area contributed by atoms with Crippen LogP contribution in [0.1, 0.15) is 24.7 Å². The summed E-state index contributed by atoms with van der Waals surface area (Å²) in [6.07, 6.45) is 1.60. The van der Waals surface area contributed by atoms with Crippen LogP contribution >= 0.6 is 11.8 Å². The molecule has 124 valence electrons. The molecule has 8 heteroatoms. The molecule has 0 aliphatic rings. The topological polar surface area (TPSA) is 87.0 Å². The molecule has 3 rings (SSSR count). The molecule has 2 aromatic heterocycles. The lowest BCUT2D eigenvalue weighted by Crippen LogP contribution is -2.00. The second-order valence-corrected chi connectivity index (χ2v) is 6.45. The molecule has 0 radical (unpaired) electrons. The predicted octanol–water partition coefficient (Wildman–Crippen LogP) is 4.32. The summed E-state index contributed by atoms with van der Waals surface area (Å²) in [5.74, 6) is 1.34. The molecule has 0 spiro atoms. The van der Waals surface area contributed by atoms with Gasteiger partial charge in [-0.1, -0.05) is 23.9 Å². The highest BCUT2D eigenvalue weighted by Gasteiger charge is 2.19. The summed E-state index contributed by atoms with van der Waals surface area (Å²) in [6.45, 7) is 4.70. The Hall–Kier alpha value is -2.61. The standard InChI is InChI=1S/C16H16N4O3S/c1-3-19-15(14-8-5-9-23-14)17-18-16(19)24-11(2)12-6-4-7-13(10-12)20(21)22/h4-11H,3H2,1-2H3. The lowest BCUT2D eigenvalue weighted by atomic mass is 10.1. The smallest absolute Gasteiger partial charge is 0.269 e. The molecule has 1 aromatic carbocycles. The zero-order valence-electron chi connectivity index (χ0n) is 13.2. The van der Waals surface area contributed by atoms with Gasteiger partial charge in [0.05, 0.1) is 11.2 Å². The van der Waals surface area contributed by atoms with Crippen molar-refractivity contribution in [1.82, 2.24) is 14.8 Å². The van der Waals surface area contributed by atoms with Gasteiger partial charge in [-0.2, -0.15) is 0 Å². The van der Waals surface area contributed by atoms with Crippen molar-refractivity contribution in [2.75, 3.05) is 0 Å². The van der Waals surface area contributed by atoms with E-state index in [0.717, 1.165) is 10.7 Å². The minimum absolute atomic E-state index is 0.00357. The van der Waals surface area contributed by atoms with Crippen molar-refractivity contribution in [3.63, 3.8) is 0 Å². The Bertz CT molecular complexity index is 845. The number of aromatic nitrogens is 3. The van der Waals surface area contributed by atoms with Gasteiger partial charge in [0, 0.05) is 23.9 Å². The highest BCUT2D eigenvalue weighted by Crippen LogP contribution is 2.36. The second-order valence-electron chi connectivity index (χ2n) is 5.14. The number of nitro groups is 1. The quantitative estimate of drug-likeness (QED) is 0.376. The van der Waals surface area contributed by atoms with Crippen molar-refractivity contribution in [3.05, 3.63) is 58.3 Å². The average Bonchev–Trinajstić information content (AvgIpc) is 3.23. The highest BCUT2D eigenvalue weighted by molar-refractivity contribution is 7.99. The van der Waals surface area contributed by atoms with Gasteiger partial charge in [0.2, 0.25) is 0 Å². The number of nitrogens with zero attached hydrogens (tertiary/aromatic N) is 4. The van der Waals surface area contributed by atoms with Crippen LogP contribution in [0.25, 0.3) is 11.6 Å². The molecule has 0 saturated carbocycles. The average molecular weight is 344 g/mol. The largest absolute Gasteiger partial charge is 0.461 e. The third-order valence-electron chi connectivity index (χ3n) is 3.61. The Kier molecular flexibility index (Phi) is 4.66. The van der Waals surface area contributed by atoms with Gasteiger partial charge in [0.1, 0.15) is 0 Å². The van der Waals surface area contributed by atoms with Gasteiger partial charge in [-0.15, -0.1) is 10.2 Å².